The number of hydrogen-bond acceptors (Lipinski definition) is 3. The number of hydrogen-bond donors (Lipinski definition) is 0. The van der Waals surface area contributed by atoms with E-state index in [0.717, 1.165) is 11.4 Å². The van der Waals surface area contributed by atoms with E-state index in [4.69, 9.17) is 0 Å². The Morgan fingerprint density at radius 3 is 1.64 bits per heavy atom. The van der Waals surface area contributed by atoms with Gasteiger partial charge < -0.3 is 4.90 Å². The van der Waals surface area contributed by atoms with Gasteiger partial charge in [0.25, 0.3) is 0 Å². The van der Waals surface area contributed by atoms with Crippen molar-refractivity contribution < 1.29 is 0 Å². The second-order valence-electron chi connectivity index (χ2n) is 15.2. The second kappa shape index (κ2) is 13.4. The lowest BCUT2D eigenvalue weighted by atomic mass is 9.83. The molecule has 10 aromatic carbocycles. The zero-order chi connectivity index (χ0) is 38.2. The number of rotatable bonds is 6. The topological polar surface area (TPSA) is 3.24 Å². The summed E-state index contributed by atoms with van der Waals surface area (Å²) in [6, 6.07) is 76.6. The molecule has 2 aromatic heterocycles. The molecule has 0 fully saturated rings. The summed E-state index contributed by atoms with van der Waals surface area (Å²) in [6.45, 7) is 0. The average molecular weight is 774 g/mol. The Hall–Kier alpha value is -6.78. The number of thiophene rings is 2. The van der Waals surface area contributed by atoms with Crippen LogP contribution in [0.3, 0.4) is 0 Å². The van der Waals surface area contributed by atoms with Crippen LogP contribution < -0.4 is 4.90 Å². The normalized spacial score (nSPS) is 12.4. The summed E-state index contributed by atoms with van der Waals surface area (Å²) in [6.07, 6.45) is 0. The van der Waals surface area contributed by atoms with Crippen molar-refractivity contribution in [2.24, 2.45) is 0 Å². The lowest BCUT2D eigenvalue weighted by Crippen LogP contribution is -2.10. The molecule has 3 heteroatoms. The van der Waals surface area contributed by atoms with Gasteiger partial charge in [-0.3, -0.25) is 0 Å². The summed E-state index contributed by atoms with van der Waals surface area (Å²) in [5.41, 5.74) is 7.38. The highest BCUT2D eigenvalue weighted by atomic mass is 32.1. The van der Waals surface area contributed by atoms with E-state index in [1.807, 2.05) is 22.7 Å². The Morgan fingerprint density at radius 1 is 0.310 bits per heavy atom. The van der Waals surface area contributed by atoms with Crippen LogP contribution in [-0.4, -0.2) is 0 Å². The monoisotopic (exact) mass is 773 g/mol. The van der Waals surface area contributed by atoms with E-state index in [-0.39, 0.29) is 5.92 Å². The summed E-state index contributed by atoms with van der Waals surface area (Å²) < 4.78 is 5.29. The van der Waals surface area contributed by atoms with Crippen molar-refractivity contribution >= 4 is 112 Å². The zero-order valence-electron chi connectivity index (χ0n) is 31.5. The van der Waals surface area contributed by atoms with Gasteiger partial charge in [0.2, 0.25) is 0 Å². The second-order valence-corrected chi connectivity index (χ2v) is 17.4. The molecule has 272 valence electrons. The van der Waals surface area contributed by atoms with Crippen LogP contribution in [0.5, 0.6) is 0 Å². The van der Waals surface area contributed by atoms with E-state index in [9.17, 15) is 0 Å². The minimum atomic E-state index is 0.108. The van der Waals surface area contributed by atoms with E-state index < -0.39 is 0 Å². The number of nitrogens with zero attached hydrogens (tertiary/aromatic N) is 1. The first-order valence-corrected chi connectivity index (χ1v) is 21.5. The van der Waals surface area contributed by atoms with E-state index in [2.05, 4.69) is 211 Å². The summed E-state index contributed by atoms with van der Waals surface area (Å²) in [4.78, 5) is 2.44. The van der Waals surface area contributed by atoms with Gasteiger partial charge in [-0.15, -0.1) is 22.7 Å². The molecular formula is C55H35NS2. The fourth-order valence-corrected chi connectivity index (χ4v) is 11.6. The molecule has 0 N–H and O–H groups in total. The SMILES string of the molecule is c1ccc(C(c2ccc3c(ccc4c3ccc3cccc(N(c5ccccc5)c5ccc6c(c5)sc5ccccc56)c34)c2)c2ccc3c(c2)sc2ccccc23)cc1. The van der Waals surface area contributed by atoms with Crippen LogP contribution in [0, 0.1) is 0 Å². The Balaban J connectivity index is 1.03. The molecule has 0 aliphatic rings. The van der Waals surface area contributed by atoms with Crippen LogP contribution in [0.2, 0.25) is 0 Å². The fourth-order valence-electron chi connectivity index (χ4n) is 9.30. The third-order valence-corrected chi connectivity index (χ3v) is 14.2. The van der Waals surface area contributed by atoms with E-state index in [1.54, 1.807) is 0 Å². The quantitative estimate of drug-likeness (QED) is 0.120. The lowest BCUT2D eigenvalue weighted by Gasteiger charge is -2.27. The fraction of sp³-hybridized carbons (Fsp3) is 0.0182. The Bertz CT molecular complexity index is 3530. The molecule has 0 aliphatic heterocycles. The molecule has 1 nitrogen and oxygen atoms in total. The highest BCUT2D eigenvalue weighted by Gasteiger charge is 2.21. The van der Waals surface area contributed by atoms with Gasteiger partial charge in [0.05, 0.1) is 5.69 Å². The Labute approximate surface area is 344 Å². The van der Waals surface area contributed by atoms with Crippen molar-refractivity contribution in [3.63, 3.8) is 0 Å². The molecule has 0 aliphatic carbocycles. The van der Waals surface area contributed by atoms with Gasteiger partial charge in [-0.1, -0.05) is 158 Å². The third kappa shape index (κ3) is 5.35. The zero-order valence-corrected chi connectivity index (χ0v) is 33.1. The van der Waals surface area contributed by atoms with Gasteiger partial charge in [-0.25, -0.2) is 0 Å². The molecule has 12 aromatic rings. The van der Waals surface area contributed by atoms with Gasteiger partial charge in [0.1, 0.15) is 0 Å². The predicted octanol–water partition coefficient (Wildman–Crippen LogP) is 16.5. The predicted molar refractivity (Wildman–Crippen MR) is 253 cm³/mol. The molecule has 0 spiro atoms. The summed E-state index contributed by atoms with van der Waals surface area (Å²) in [5.74, 6) is 0.108. The van der Waals surface area contributed by atoms with Crippen molar-refractivity contribution in [1.82, 2.24) is 0 Å². The standard InChI is InChI=1S/C55H35NS2/c1-3-12-35(13-4-1)54(39-25-29-46-44-17-7-9-20-50(44)57-52(46)33-39)38-24-27-42-37(32-38)23-30-48-43(42)28-22-36-14-11-19-49(55(36)48)56(40-15-5-2-6-16-40)41-26-31-47-45-18-8-10-21-51(45)58-53(47)34-41/h1-34,54H. The van der Waals surface area contributed by atoms with Crippen LogP contribution in [0.1, 0.15) is 22.6 Å². The highest BCUT2D eigenvalue weighted by molar-refractivity contribution is 7.26. The van der Waals surface area contributed by atoms with Crippen molar-refractivity contribution in [2.45, 2.75) is 5.92 Å². The minimum Gasteiger partial charge on any atom is -0.310 e. The number of fused-ring (bicyclic) bond motifs is 11. The number of anilines is 3. The highest BCUT2D eigenvalue weighted by Crippen LogP contribution is 2.46. The van der Waals surface area contributed by atoms with E-state index in [1.165, 1.54) is 95.0 Å². The van der Waals surface area contributed by atoms with Gasteiger partial charge in [0, 0.05) is 63.0 Å². The molecular weight excluding hydrogens is 739 g/mol. The maximum absolute atomic E-state index is 2.44. The van der Waals surface area contributed by atoms with E-state index >= 15 is 0 Å². The molecule has 58 heavy (non-hydrogen) atoms. The average Bonchev–Trinajstić information content (AvgIpc) is 3.85. The van der Waals surface area contributed by atoms with Crippen LogP contribution >= 0.6 is 22.7 Å². The van der Waals surface area contributed by atoms with Gasteiger partial charge >= 0.3 is 0 Å². The van der Waals surface area contributed by atoms with Crippen LogP contribution in [-0.2, 0) is 0 Å². The van der Waals surface area contributed by atoms with Crippen LogP contribution in [0.15, 0.2) is 206 Å². The summed E-state index contributed by atoms with van der Waals surface area (Å²) in [7, 11) is 0. The molecule has 0 saturated heterocycles. The Kier molecular flexibility index (Phi) is 7.72. The molecule has 1 unspecified atom stereocenters. The first-order valence-electron chi connectivity index (χ1n) is 19.9. The first kappa shape index (κ1) is 33.4. The number of benzene rings is 10. The van der Waals surface area contributed by atoms with Crippen molar-refractivity contribution in [3.05, 3.63) is 223 Å². The lowest BCUT2D eigenvalue weighted by molar-refractivity contribution is 0.984. The van der Waals surface area contributed by atoms with Gasteiger partial charge in [0.15, 0.2) is 0 Å². The molecule has 12 rings (SSSR count). The van der Waals surface area contributed by atoms with Crippen LogP contribution in [0.4, 0.5) is 17.1 Å². The minimum absolute atomic E-state index is 0.108. The molecule has 0 amide bonds. The van der Waals surface area contributed by atoms with Gasteiger partial charge in [-0.05, 0) is 92.2 Å². The van der Waals surface area contributed by atoms with Gasteiger partial charge in [-0.2, -0.15) is 0 Å². The van der Waals surface area contributed by atoms with Crippen molar-refractivity contribution in [2.75, 3.05) is 4.90 Å². The van der Waals surface area contributed by atoms with Crippen molar-refractivity contribution in [1.29, 1.82) is 0 Å². The third-order valence-electron chi connectivity index (χ3n) is 11.9. The van der Waals surface area contributed by atoms with Crippen LogP contribution in [0.25, 0.3) is 72.7 Å². The number of para-hydroxylation sites is 1. The molecule has 0 saturated carbocycles. The molecule has 1 atom stereocenters. The van der Waals surface area contributed by atoms with E-state index in [0.29, 0.717) is 0 Å². The first-order chi connectivity index (χ1) is 28.7. The Morgan fingerprint density at radius 2 is 0.879 bits per heavy atom. The summed E-state index contributed by atoms with van der Waals surface area (Å²) in [5, 5.41) is 12.8. The van der Waals surface area contributed by atoms with Crippen molar-refractivity contribution in [3.8, 4) is 0 Å². The molecule has 0 radical (unpaired) electrons. The summed E-state index contributed by atoms with van der Waals surface area (Å²) >= 11 is 3.75. The maximum atomic E-state index is 2.44. The molecule has 2 heterocycles. The largest absolute Gasteiger partial charge is 0.310 e. The maximum Gasteiger partial charge on any atom is 0.0546 e. The smallest absolute Gasteiger partial charge is 0.0546 e. The molecule has 0 bridgehead atoms.